The van der Waals surface area contributed by atoms with Gasteiger partial charge in [-0.05, 0) is 6.07 Å². The normalized spacial score (nSPS) is 10.3. The maximum absolute atomic E-state index is 10.8. The van der Waals surface area contributed by atoms with Gasteiger partial charge in [-0.2, -0.15) is 0 Å². The minimum atomic E-state index is -0.641. The van der Waals surface area contributed by atoms with Crippen molar-refractivity contribution in [2.24, 2.45) is 0 Å². The van der Waals surface area contributed by atoms with E-state index in [4.69, 9.17) is 9.15 Å². The highest BCUT2D eigenvalue weighted by Crippen LogP contribution is 2.31. The van der Waals surface area contributed by atoms with Gasteiger partial charge in [0, 0.05) is 12.3 Å². The summed E-state index contributed by atoms with van der Waals surface area (Å²) in [5.41, 5.74) is 0.199. The van der Waals surface area contributed by atoms with Gasteiger partial charge in [-0.1, -0.05) is 12.1 Å². The maximum Gasteiger partial charge on any atom is 0.434 e. The molecule has 0 radical (unpaired) electrons. The summed E-state index contributed by atoms with van der Waals surface area (Å²) < 4.78 is 9.85. The molecule has 16 heavy (non-hydrogen) atoms. The SMILES string of the molecule is CC(=O)Oc1cccc2cc([N+](=O)[O-])oc12. The molecule has 0 atom stereocenters. The lowest BCUT2D eigenvalue weighted by Gasteiger charge is -1.99. The highest BCUT2D eigenvalue weighted by atomic mass is 16.6. The van der Waals surface area contributed by atoms with Crippen molar-refractivity contribution in [2.45, 2.75) is 6.92 Å². The van der Waals surface area contributed by atoms with E-state index in [9.17, 15) is 14.9 Å². The molecule has 0 aliphatic rings. The van der Waals surface area contributed by atoms with Gasteiger partial charge in [-0.15, -0.1) is 0 Å². The third kappa shape index (κ3) is 1.72. The van der Waals surface area contributed by atoms with E-state index >= 15 is 0 Å². The van der Waals surface area contributed by atoms with Crippen molar-refractivity contribution in [3.8, 4) is 5.75 Å². The Morgan fingerprint density at radius 2 is 2.25 bits per heavy atom. The molecule has 2 rings (SSSR count). The number of nitrogens with zero attached hydrogens (tertiary/aromatic N) is 1. The summed E-state index contributed by atoms with van der Waals surface area (Å²) >= 11 is 0. The van der Waals surface area contributed by atoms with E-state index in [1.165, 1.54) is 19.1 Å². The van der Waals surface area contributed by atoms with E-state index in [1.54, 1.807) is 12.1 Å². The van der Waals surface area contributed by atoms with E-state index < -0.39 is 10.9 Å². The fourth-order valence-electron chi connectivity index (χ4n) is 1.35. The van der Waals surface area contributed by atoms with Crippen molar-refractivity contribution in [1.82, 2.24) is 0 Å². The molecule has 1 aromatic carbocycles. The highest BCUT2D eigenvalue weighted by molar-refractivity contribution is 5.87. The topological polar surface area (TPSA) is 82.6 Å². The number of hydrogen-bond acceptors (Lipinski definition) is 5. The van der Waals surface area contributed by atoms with E-state index in [0.29, 0.717) is 5.39 Å². The first-order valence-corrected chi connectivity index (χ1v) is 4.43. The summed E-state index contributed by atoms with van der Waals surface area (Å²) in [6.07, 6.45) is 0. The van der Waals surface area contributed by atoms with Gasteiger partial charge in [0.25, 0.3) is 0 Å². The van der Waals surface area contributed by atoms with Gasteiger partial charge in [-0.3, -0.25) is 14.9 Å². The number of fused-ring (bicyclic) bond motifs is 1. The summed E-state index contributed by atoms with van der Waals surface area (Å²) in [7, 11) is 0. The van der Waals surface area contributed by atoms with Crippen LogP contribution in [-0.4, -0.2) is 10.9 Å². The third-order valence-electron chi connectivity index (χ3n) is 1.93. The Morgan fingerprint density at radius 1 is 1.50 bits per heavy atom. The van der Waals surface area contributed by atoms with Crippen LogP contribution in [-0.2, 0) is 4.79 Å². The molecule has 0 spiro atoms. The molecule has 6 nitrogen and oxygen atoms in total. The first-order valence-electron chi connectivity index (χ1n) is 4.43. The van der Waals surface area contributed by atoms with E-state index in [1.807, 2.05) is 0 Å². The summed E-state index contributed by atoms with van der Waals surface area (Å²) in [5, 5.41) is 11.0. The number of esters is 1. The average Bonchev–Trinajstić information content (AvgIpc) is 2.61. The predicted molar refractivity (Wildman–Crippen MR) is 54.2 cm³/mol. The third-order valence-corrected chi connectivity index (χ3v) is 1.93. The predicted octanol–water partition coefficient (Wildman–Crippen LogP) is 2.27. The number of rotatable bonds is 2. The second-order valence-electron chi connectivity index (χ2n) is 3.11. The van der Waals surface area contributed by atoms with Crippen LogP contribution in [0.15, 0.2) is 28.7 Å². The second-order valence-corrected chi connectivity index (χ2v) is 3.11. The molecule has 1 heterocycles. The molecule has 0 unspecified atom stereocenters. The molecule has 0 aliphatic heterocycles. The number of ether oxygens (including phenoxy) is 1. The van der Waals surface area contributed by atoms with Crippen LogP contribution < -0.4 is 4.74 Å². The number of carbonyl (C=O) groups excluding carboxylic acids is 1. The Hall–Kier alpha value is -2.37. The number of benzene rings is 1. The molecule has 0 aliphatic carbocycles. The van der Waals surface area contributed by atoms with Crippen LogP contribution in [0.2, 0.25) is 0 Å². The summed E-state index contributed by atoms with van der Waals surface area (Å²) in [6, 6.07) is 6.05. The van der Waals surface area contributed by atoms with Gasteiger partial charge in [0.05, 0.1) is 6.07 Å². The van der Waals surface area contributed by atoms with Crippen molar-refractivity contribution < 1.29 is 18.9 Å². The van der Waals surface area contributed by atoms with Crippen molar-refractivity contribution in [2.75, 3.05) is 0 Å². The zero-order chi connectivity index (χ0) is 11.7. The van der Waals surface area contributed by atoms with Crippen LogP contribution in [0.1, 0.15) is 6.92 Å². The van der Waals surface area contributed by atoms with Crippen molar-refractivity contribution in [3.05, 3.63) is 34.4 Å². The smallest absolute Gasteiger partial charge is 0.423 e. The zero-order valence-electron chi connectivity index (χ0n) is 8.30. The number of para-hydroxylation sites is 1. The molecule has 1 aromatic heterocycles. The number of carbonyl (C=O) groups is 1. The largest absolute Gasteiger partial charge is 0.434 e. The maximum atomic E-state index is 10.8. The zero-order valence-corrected chi connectivity index (χ0v) is 8.30. The Balaban J connectivity index is 2.58. The lowest BCUT2D eigenvalue weighted by Crippen LogP contribution is -2.01. The molecule has 0 bridgehead atoms. The van der Waals surface area contributed by atoms with Crippen molar-refractivity contribution in [1.29, 1.82) is 0 Å². The molecule has 82 valence electrons. The fourth-order valence-corrected chi connectivity index (χ4v) is 1.35. The first kappa shape index (κ1) is 10.2. The molecular formula is C10H7NO5. The molecule has 2 aromatic rings. The first-order chi connectivity index (χ1) is 7.58. The molecule has 6 heteroatoms. The monoisotopic (exact) mass is 221 g/mol. The van der Waals surface area contributed by atoms with Crippen LogP contribution in [0.3, 0.4) is 0 Å². The van der Waals surface area contributed by atoms with Crippen LogP contribution in [0.5, 0.6) is 5.75 Å². The van der Waals surface area contributed by atoms with Gasteiger partial charge in [-0.25, -0.2) is 0 Å². The minimum absolute atomic E-state index is 0.179. The standard InChI is InChI=1S/C10H7NO5/c1-6(12)15-8-4-2-3-7-5-9(11(13)14)16-10(7)8/h2-5H,1H3. The van der Waals surface area contributed by atoms with Crippen LogP contribution in [0.4, 0.5) is 5.88 Å². The van der Waals surface area contributed by atoms with Crippen LogP contribution in [0, 0.1) is 10.1 Å². The minimum Gasteiger partial charge on any atom is -0.423 e. The fraction of sp³-hybridized carbons (Fsp3) is 0.100. The molecule has 0 saturated heterocycles. The second kappa shape index (κ2) is 3.65. The Morgan fingerprint density at radius 3 is 2.88 bits per heavy atom. The lowest BCUT2D eigenvalue weighted by molar-refractivity contribution is -0.401. The van der Waals surface area contributed by atoms with Gasteiger partial charge in [0.15, 0.2) is 11.3 Å². The van der Waals surface area contributed by atoms with E-state index in [0.717, 1.165) is 0 Å². The van der Waals surface area contributed by atoms with Gasteiger partial charge in [0.2, 0.25) is 0 Å². The molecule has 0 fully saturated rings. The van der Waals surface area contributed by atoms with Crippen LogP contribution >= 0.6 is 0 Å². The molecule has 0 saturated carbocycles. The van der Waals surface area contributed by atoms with E-state index in [-0.39, 0.29) is 17.2 Å². The summed E-state index contributed by atoms with van der Waals surface area (Å²) in [5.74, 6) is -0.709. The van der Waals surface area contributed by atoms with Crippen molar-refractivity contribution in [3.63, 3.8) is 0 Å². The van der Waals surface area contributed by atoms with Crippen LogP contribution in [0.25, 0.3) is 11.0 Å². The molecule has 0 N–H and O–H groups in total. The number of nitro groups is 1. The number of hydrogen-bond donors (Lipinski definition) is 0. The Kier molecular flexibility index (Phi) is 2.32. The molecular weight excluding hydrogens is 214 g/mol. The molecule has 0 amide bonds. The van der Waals surface area contributed by atoms with Gasteiger partial charge in [0.1, 0.15) is 4.92 Å². The summed E-state index contributed by atoms with van der Waals surface area (Å²) in [6.45, 7) is 1.25. The lowest BCUT2D eigenvalue weighted by atomic mass is 10.2. The summed E-state index contributed by atoms with van der Waals surface area (Å²) in [4.78, 5) is 20.7. The highest BCUT2D eigenvalue weighted by Gasteiger charge is 2.16. The average molecular weight is 221 g/mol. The quantitative estimate of drug-likeness (QED) is 0.336. The van der Waals surface area contributed by atoms with E-state index in [2.05, 4.69) is 0 Å². The Labute approximate surface area is 89.6 Å². The number of furan rings is 1. The van der Waals surface area contributed by atoms with Crippen molar-refractivity contribution >= 4 is 22.8 Å². The Bertz CT molecular complexity index is 572. The van der Waals surface area contributed by atoms with Gasteiger partial charge < -0.3 is 9.15 Å². The van der Waals surface area contributed by atoms with Gasteiger partial charge >= 0.3 is 11.9 Å².